The molecule has 30 heavy (non-hydrogen) atoms. The lowest BCUT2D eigenvalue weighted by molar-refractivity contribution is 0.396. The van der Waals surface area contributed by atoms with Crippen molar-refractivity contribution in [3.05, 3.63) is 47.0 Å². The minimum Gasteiger partial charge on any atom is -0.456 e. The fourth-order valence-corrected chi connectivity index (χ4v) is 4.25. The lowest BCUT2D eigenvalue weighted by Crippen LogP contribution is -2.34. The fourth-order valence-electron chi connectivity index (χ4n) is 3.07. The SMILES string of the molecule is CN(CCF)S(=O)(=O)Nc1cccc(Oc2ccc3c(c2)C2=NCCN2C=N3)c1Cl. The number of amidine groups is 1. The second-order valence-corrected chi connectivity index (χ2v) is 8.82. The molecule has 2 aromatic rings. The van der Waals surface area contributed by atoms with Crippen molar-refractivity contribution in [1.29, 1.82) is 0 Å². The Kier molecular flexibility index (Phi) is 5.63. The van der Waals surface area contributed by atoms with Crippen LogP contribution >= 0.6 is 11.6 Å². The molecule has 0 bridgehead atoms. The largest absolute Gasteiger partial charge is 0.456 e. The number of anilines is 1. The molecule has 11 heteroatoms. The zero-order valence-electron chi connectivity index (χ0n) is 16.0. The van der Waals surface area contributed by atoms with Crippen molar-refractivity contribution in [3.8, 4) is 11.5 Å². The maximum Gasteiger partial charge on any atom is 0.301 e. The van der Waals surface area contributed by atoms with Crippen molar-refractivity contribution in [3.63, 3.8) is 0 Å². The molecular weight excluding hydrogens is 433 g/mol. The first-order chi connectivity index (χ1) is 14.4. The van der Waals surface area contributed by atoms with E-state index in [1.165, 1.54) is 13.1 Å². The van der Waals surface area contributed by atoms with Gasteiger partial charge >= 0.3 is 10.2 Å². The summed E-state index contributed by atoms with van der Waals surface area (Å²) in [6.45, 7) is 0.437. The highest BCUT2D eigenvalue weighted by atomic mass is 35.5. The van der Waals surface area contributed by atoms with Crippen molar-refractivity contribution in [2.45, 2.75) is 0 Å². The summed E-state index contributed by atoms with van der Waals surface area (Å²) < 4.78 is 46.2. The molecule has 0 spiro atoms. The second-order valence-electron chi connectivity index (χ2n) is 6.66. The minimum atomic E-state index is -3.94. The Morgan fingerprint density at radius 3 is 2.97 bits per heavy atom. The van der Waals surface area contributed by atoms with Gasteiger partial charge in [-0.05, 0) is 30.3 Å². The Morgan fingerprint density at radius 2 is 2.17 bits per heavy atom. The normalized spacial score (nSPS) is 15.1. The van der Waals surface area contributed by atoms with Crippen LogP contribution < -0.4 is 9.46 Å². The maximum atomic E-state index is 12.5. The number of halogens is 2. The highest BCUT2D eigenvalue weighted by Gasteiger charge is 2.24. The summed E-state index contributed by atoms with van der Waals surface area (Å²) in [6, 6.07) is 10.1. The average Bonchev–Trinajstić information content (AvgIpc) is 3.20. The summed E-state index contributed by atoms with van der Waals surface area (Å²) in [5, 5.41) is 0.0882. The maximum absolute atomic E-state index is 12.5. The molecule has 0 radical (unpaired) electrons. The monoisotopic (exact) mass is 451 g/mol. The molecule has 2 aliphatic heterocycles. The van der Waals surface area contributed by atoms with Gasteiger partial charge in [0.2, 0.25) is 0 Å². The summed E-state index contributed by atoms with van der Waals surface area (Å²) in [6.07, 6.45) is 1.76. The van der Waals surface area contributed by atoms with Gasteiger partial charge in [-0.1, -0.05) is 17.7 Å². The molecule has 4 rings (SSSR count). The molecule has 2 heterocycles. The van der Waals surface area contributed by atoms with Crippen LogP contribution in [0.1, 0.15) is 5.56 Å². The summed E-state index contributed by atoms with van der Waals surface area (Å²) in [7, 11) is -2.66. The van der Waals surface area contributed by atoms with Gasteiger partial charge < -0.3 is 9.64 Å². The van der Waals surface area contributed by atoms with Crippen LogP contribution in [0.3, 0.4) is 0 Å². The van der Waals surface area contributed by atoms with E-state index in [9.17, 15) is 12.8 Å². The lowest BCUT2D eigenvalue weighted by Gasteiger charge is -2.21. The van der Waals surface area contributed by atoms with E-state index in [1.54, 1.807) is 24.5 Å². The molecule has 158 valence electrons. The van der Waals surface area contributed by atoms with E-state index in [2.05, 4.69) is 14.7 Å². The Labute approximate surface area is 178 Å². The molecule has 0 aromatic heterocycles. The molecule has 2 aromatic carbocycles. The fraction of sp³-hybridized carbons (Fsp3) is 0.263. The topological polar surface area (TPSA) is 86.6 Å². The number of alkyl halides is 1. The first-order valence-corrected chi connectivity index (χ1v) is 11.0. The van der Waals surface area contributed by atoms with E-state index in [0.29, 0.717) is 12.3 Å². The highest BCUT2D eigenvalue weighted by Crippen LogP contribution is 2.37. The number of fused-ring (bicyclic) bond motifs is 3. The van der Waals surface area contributed by atoms with E-state index >= 15 is 0 Å². The van der Waals surface area contributed by atoms with Crippen molar-refractivity contribution in [2.75, 3.05) is 38.1 Å². The van der Waals surface area contributed by atoms with Gasteiger partial charge in [-0.25, -0.2) is 9.38 Å². The zero-order chi connectivity index (χ0) is 21.3. The van der Waals surface area contributed by atoms with Crippen LogP contribution in [-0.4, -0.2) is 63.2 Å². The van der Waals surface area contributed by atoms with Gasteiger partial charge in [-0.3, -0.25) is 9.71 Å². The van der Waals surface area contributed by atoms with E-state index in [1.807, 2.05) is 17.0 Å². The standard InChI is InChI=1S/C19H19ClFN5O3S/c1-25(9-7-21)30(27,28)24-16-3-2-4-17(18(16)20)29-13-5-6-15-14(11-13)19-22-8-10-26(19)12-23-15/h2-6,11-12,24H,7-10H2,1H3. The lowest BCUT2D eigenvalue weighted by atomic mass is 10.1. The van der Waals surface area contributed by atoms with Crippen molar-refractivity contribution in [2.24, 2.45) is 9.98 Å². The van der Waals surface area contributed by atoms with Crippen LogP contribution in [-0.2, 0) is 10.2 Å². The molecule has 0 saturated heterocycles. The van der Waals surface area contributed by atoms with Crippen molar-refractivity contribution >= 4 is 45.4 Å². The number of nitrogens with zero attached hydrogens (tertiary/aromatic N) is 4. The summed E-state index contributed by atoms with van der Waals surface area (Å²) in [5.74, 6) is 1.63. The number of hydrogen-bond donors (Lipinski definition) is 1. The summed E-state index contributed by atoms with van der Waals surface area (Å²) in [4.78, 5) is 10.9. The Hall–Kier alpha value is -2.69. The first kappa shape index (κ1) is 20.6. The Balaban J connectivity index is 1.59. The molecule has 0 amide bonds. The molecule has 2 aliphatic rings. The van der Waals surface area contributed by atoms with Gasteiger partial charge in [0.25, 0.3) is 0 Å². The Morgan fingerprint density at radius 1 is 1.33 bits per heavy atom. The van der Waals surface area contributed by atoms with Crippen LogP contribution in [0.15, 0.2) is 46.4 Å². The molecule has 0 fully saturated rings. The van der Waals surface area contributed by atoms with Gasteiger partial charge in [0, 0.05) is 25.7 Å². The zero-order valence-corrected chi connectivity index (χ0v) is 17.6. The first-order valence-electron chi connectivity index (χ1n) is 9.15. The molecule has 0 saturated carbocycles. The van der Waals surface area contributed by atoms with Crippen molar-refractivity contribution < 1.29 is 17.5 Å². The third kappa shape index (κ3) is 3.98. The molecule has 0 atom stereocenters. The van der Waals surface area contributed by atoms with E-state index in [0.717, 1.165) is 27.9 Å². The predicted octanol–water partition coefficient (Wildman–Crippen LogP) is 3.43. The average molecular weight is 452 g/mol. The summed E-state index contributed by atoms with van der Waals surface area (Å²) in [5.41, 5.74) is 1.78. The van der Waals surface area contributed by atoms with E-state index in [4.69, 9.17) is 16.3 Å². The number of hydrogen-bond acceptors (Lipinski definition) is 6. The van der Waals surface area contributed by atoms with Crippen molar-refractivity contribution in [1.82, 2.24) is 9.21 Å². The number of benzene rings is 2. The minimum absolute atomic E-state index is 0.0882. The molecule has 8 nitrogen and oxygen atoms in total. The van der Waals surface area contributed by atoms with Gasteiger partial charge in [0.05, 0.1) is 24.3 Å². The van der Waals surface area contributed by atoms with Gasteiger partial charge in [0.1, 0.15) is 29.0 Å². The smallest absolute Gasteiger partial charge is 0.301 e. The highest BCUT2D eigenvalue weighted by molar-refractivity contribution is 7.90. The Bertz CT molecular complexity index is 1140. The van der Waals surface area contributed by atoms with Gasteiger partial charge in [0.15, 0.2) is 0 Å². The second kappa shape index (κ2) is 8.21. The molecule has 0 unspecified atom stereocenters. The third-order valence-corrected chi connectivity index (χ3v) is 6.53. The van der Waals surface area contributed by atoms with E-state index < -0.39 is 16.9 Å². The number of rotatable bonds is 7. The van der Waals surface area contributed by atoms with Gasteiger partial charge in [-0.15, -0.1) is 0 Å². The number of aliphatic imine (C=N–C) groups is 2. The van der Waals surface area contributed by atoms with Gasteiger partial charge in [-0.2, -0.15) is 12.7 Å². The number of nitrogens with one attached hydrogen (secondary N) is 1. The van der Waals surface area contributed by atoms with Crippen LogP contribution in [0.5, 0.6) is 11.5 Å². The van der Waals surface area contributed by atoms with Crippen LogP contribution in [0.4, 0.5) is 15.8 Å². The number of ether oxygens (including phenoxy) is 1. The predicted molar refractivity (Wildman–Crippen MR) is 115 cm³/mol. The van der Waals surface area contributed by atoms with Crippen LogP contribution in [0.25, 0.3) is 0 Å². The molecular formula is C19H19ClFN5O3S. The molecule has 1 N–H and O–H groups in total. The summed E-state index contributed by atoms with van der Waals surface area (Å²) >= 11 is 6.38. The van der Waals surface area contributed by atoms with Crippen LogP contribution in [0.2, 0.25) is 5.02 Å². The quantitative estimate of drug-likeness (QED) is 0.698. The third-order valence-electron chi connectivity index (χ3n) is 4.66. The van der Waals surface area contributed by atoms with Crippen LogP contribution in [0, 0.1) is 0 Å². The molecule has 0 aliphatic carbocycles. The van der Waals surface area contributed by atoms with E-state index in [-0.39, 0.29) is 23.0 Å².